The number of nitrogens with zero attached hydrogens (tertiary/aromatic N) is 2. The maximum Gasteiger partial charge on any atom is 0.321 e. The molecular weight excluding hydrogens is 382 g/mol. The summed E-state index contributed by atoms with van der Waals surface area (Å²) in [6, 6.07) is 16.0. The first kappa shape index (κ1) is 21.5. The van der Waals surface area contributed by atoms with Gasteiger partial charge in [0.1, 0.15) is 12.4 Å². The summed E-state index contributed by atoms with van der Waals surface area (Å²) in [5.74, 6) is 3.31. The Labute approximate surface area is 178 Å². The molecule has 1 fully saturated rings. The van der Waals surface area contributed by atoms with Gasteiger partial charge in [-0.2, -0.15) is 11.8 Å². The van der Waals surface area contributed by atoms with Crippen LogP contribution in [0.2, 0.25) is 0 Å². The molecule has 6 heteroatoms. The van der Waals surface area contributed by atoms with Gasteiger partial charge in [0.05, 0.1) is 6.54 Å². The third kappa shape index (κ3) is 7.29. The summed E-state index contributed by atoms with van der Waals surface area (Å²) in [4.78, 5) is 16.5. The third-order valence-electron chi connectivity index (χ3n) is 5.09. The van der Waals surface area contributed by atoms with Crippen LogP contribution in [0, 0.1) is 6.92 Å². The molecule has 0 bridgehead atoms. The molecule has 0 spiro atoms. The Bertz CT molecular complexity index is 759. The number of benzene rings is 2. The molecule has 29 heavy (non-hydrogen) atoms. The van der Waals surface area contributed by atoms with Gasteiger partial charge < -0.3 is 19.9 Å². The minimum atomic E-state index is -0.129. The van der Waals surface area contributed by atoms with Crippen molar-refractivity contribution in [3.05, 3.63) is 59.7 Å². The minimum Gasteiger partial charge on any atom is -0.492 e. The highest BCUT2D eigenvalue weighted by Crippen LogP contribution is 2.14. The highest BCUT2D eigenvalue weighted by molar-refractivity contribution is 7.99. The van der Waals surface area contributed by atoms with Crippen LogP contribution < -0.4 is 10.1 Å². The lowest BCUT2D eigenvalue weighted by Crippen LogP contribution is -2.34. The molecule has 0 unspecified atom stereocenters. The van der Waals surface area contributed by atoms with Gasteiger partial charge in [0, 0.05) is 43.9 Å². The van der Waals surface area contributed by atoms with Gasteiger partial charge in [0.15, 0.2) is 0 Å². The number of carbonyl (C=O) groups excluding carboxylic acids is 1. The van der Waals surface area contributed by atoms with E-state index < -0.39 is 0 Å². The van der Waals surface area contributed by atoms with Gasteiger partial charge in [0.25, 0.3) is 0 Å². The molecule has 2 aromatic rings. The zero-order valence-corrected chi connectivity index (χ0v) is 18.2. The second kappa shape index (κ2) is 11.1. The van der Waals surface area contributed by atoms with Crippen LogP contribution in [0.1, 0.15) is 11.1 Å². The molecule has 1 aliphatic heterocycles. The van der Waals surface area contributed by atoms with Crippen molar-refractivity contribution in [2.75, 3.05) is 56.7 Å². The second-order valence-electron chi connectivity index (χ2n) is 7.41. The number of likely N-dealkylation sites (N-methyl/N-ethyl adjacent to an activating group) is 1. The van der Waals surface area contributed by atoms with Crippen molar-refractivity contribution < 1.29 is 9.53 Å². The number of hydrogen-bond acceptors (Lipinski definition) is 4. The zero-order valence-electron chi connectivity index (χ0n) is 17.4. The molecule has 0 aromatic heterocycles. The summed E-state index contributed by atoms with van der Waals surface area (Å²) < 4.78 is 5.70. The number of carbonyl (C=O) groups is 1. The number of rotatable bonds is 8. The average Bonchev–Trinajstić information content (AvgIpc) is 2.75. The largest absolute Gasteiger partial charge is 0.492 e. The first-order valence-corrected chi connectivity index (χ1v) is 11.4. The molecule has 3 rings (SSSR count). The summed E-state index contributed by atoms with van der Waals surface area (Å²) in [5, 5.41) is 2.95. The topological polar surface area (TPSA) is 44.8 Å². The van der Waals surface area contributed by atoms with Crippen LogP contribution in [0.5, 0.6) is 5.75 Å². The van der Waals surface area contributed by atoms with E-state index in [1.54, 1.807) is 11.9 Å². The summed E-state index contributed by atoms with van der Waals surface area (Å²) in [7, 11) is 1.78. The lowest BCUT2D eigenvalue weighted by Gasteiger charge is -2.26. The van der Waals surface area contributed by atoms with E-state index in [1.807, 2.05) is 55.1 Å². The van der Waals surface area contributed by atoms with E-state index >= 15 is 0 Å². The van der Waals surface area contributed by atoms with Crippen LogP contribution in [-0.4, -0.2) is 67.2 Å². The SMILES string of the molecule is Cc1ccc(OCCN(C)C(=O)Nc2ccc(CCN3CCSCC3)cc2)cc1. The maximum atomic E-state index is 12.4. The first-order valence-electron chi connectivity index (χ1n) is 10.2. The van der Waals surface area contributed by atoms with Crippen LogP contribution in [0.3, 0.4) is 0 Å². The molecular formula is C23H31N3O2S. The number of amides is 2. The summed E-state index contributed by atoms with van der Waals surface area (Å²) in [5.41, 5.74) is 3.32. The van der Waals surface area contributed by atoms with E-state index in [2.05, 4.69) is 22.3 Å². The van der Waals surface area contributed by atoms with Crippen LogP contribution in [0.4, 0.5) is 10.5 Å². The Morgan fingerprint density at radius 3 is 2.48 bits per heavy atom. The fourth-order valence-electron chi connectivity index (χ4n) is 3.12. The molecule has 0 aliphatic carbocycles. The Morgan fingerprint density at radius 2 is 1.79 bits per heavy atom. The molecule has 1 saturated heterocycles. The molecule has 156 valence electrons. The summed E-state index contributed by atoms with van der Waals surface area (Å²) in [6.45, 7) is 6.52. The van der Waals surface area contributed by atoms with Gasteiger partial charge in [-0.1, -0.05) is 29.8 Å². The predicted molar refractivity (Wildman–Crippen MR) is 122 cm³/mol. The van der Waals surface area contributed by atoms with E-state index in [1.165, 1.54) is 35.7 Å². The number of urea groups is 1. The van der Waals surface area contributed by atoms with Crippen molar-refractivity contribution in [1.29, 1.82) is 0 Å². The van der Waals surface area contributed by atoms with Crippen molar-refractivity contribution in [2.24, 2.45) is 0 Å². The molecule has 1 N–H and O–H groups in total. The van der Waals surface area contributed by atoms with Gasteiger partial charge in [-0.3, -0.25) is 0 Å². The van der Waals surface area contributed by atoms with Crippen molar-refractivity contribution in [2.45, 2.75) is 13.3 Å². The van der Waals surface area contributed by atoms with E-state index in [9.17, 15) is 4.79 Å². The summed E-state index contributed by atoms with van der Waals surface area (Å²) in [6.07, 6.45) is 1.05. The van der Waals surface area contributed by atoms with Crippen molar-refractivity contribution in [1.82, 2.24) is 9.80 Å². The quantitative estimate of drug-likeness (QED) is 0.707. The highest BCUT2D eigenvalue weighted by atomic mass is 32.2. The van der Waals surface area contributed by atoms with E-state index in [0.29, 0.717) is 13.2 Å². The number of ether oxygens (including phenoxy) is 1. The first-order chi connectivity index (χ1) is 14.1. The van der Waals surface area contributed by atoms with E-state index in [-0.39, 0.29) is 6.03 Å². The van der Waals surface area contributed by atoms with Crippen LogP contribution >= 0.6 is 11.8 Å². The third-order valence-corrected chi connectivity index (χ3v) is 6.03. The molecule has 2 amide bonds. The van der Waals surface area contributed by atoms with Gasteiger partial charge in [-0.25, -0.2) is 4.79 Å². The Morgan fingerprint density at radius 1 is 1.10 bits per heavy atom. The molecule has 0 radical (unpaired) electrons. The number of hydrogen-bond donors (Lipinski definition) is 1. The van der Waals surface area contributed by atoms with E-state index in [0.717, 1.165) is 24.4 Å². The lowest BCUT2D eigenvalue weighted by atomic mass is 10.1. The smallest absolute Gasteiger partial charge is 0.321 e. The van der Waals surface area contributed by atoms with Gasteiger partial charge in [-0.05, 0) is 43.2 Å². The number of nitrogens with one attached hydrogen (secondary N) is 1. The van der Waals surface area contributed by atoms with Crippen molar-refractivity contribution in [3.63, 3.8) is 0 Å². The molecule has 1 aliphatic rings. The molecule has 1 heterocycles. The number of anilines is 1. The van der Waals surface area contributed by atoms with Crippen LogP contribution in [-0.2, 0) is 6.42 Å². The van der Waals surface area contributed by atoms with Crippen molar-refractivity contribution >= 4 is 23.5 Å². The van der Waals surface area contributed by atoms with Crippen LogP contribution in [0.15, 0.2) is 48.5 Å². The lowest BCUT2D eigenvalue weighted by molar-refractivity contribution is 0.207. The highest BCUT2D eigenvalue weighted by Gasteiger charge is 2.11. The molecule has 2 aromatic carbocycles. The van der Waals surface area contributed by atoms with Crippen LogP contribution in [0.25, 0.3) is 0 Å². The van der Waals surface area contributed by atoms with Gasteiger partial charge >= 0.3 is 6.03 Å². The fourth-order valence-corrected chi connectivity index (χ4v) is 4.10. The fraction of sp³-hybridized carbons (Fsp3) is 0.435. The van der Waals surface area contributed by atoms with Gasteiger partial charge in [0.2, 0.25) is 0 Å². The minimum absolute atomic E-state index is 0.129. The standard InChI is InChI=1S/C23H31N3O2S/c1-19-3-9-22(10-4-19)28-16-13-25(2)23(27)24-21-7-5-20(6-8-21)11-12-26-14-17-29-18-15-26/h3-10H,11-18H2,1-2H3,(H,24,27). The summed E-state index contributed by atoms with van der Waals surface area (Å²) >= 11 is 2.04. The maximum absolute atomic E-state index is 12.4. The number of thioether (sulfide) groups is 1. The number of aryl methyl sites for hydroxylation is 1. The average molecular weight is 414 g/mol. The zero-order chi connectivity index (χ0) is 20.5. The normalized spacial score (nSPS) is 14.4. The molecule has 0 atom stereocenters. The van der Waals surface area contributed by atoms with Gasteiger partial charge in [-0.15, -0.1) is 0 Å². The second-order valence-corrected chi connectivity index (χ2v) is 8.64. The molecule has 5 nitrogen and oxygen atoms in total. The predicted octanol–water partition coefficient (Wildman–Crippen LogP) is 4.13. The van der Waals surface area contributed by atoms with E-state index in [4.69, 9.17) is 4.74 Å². The van der Waals surface area contributed by atoms with Crippen molar-refractivity contribution in [3.8, 4) is 5.75 Å². The Kier molecular flexibility index (Phi) is 8.25. The Balaban J connectivity index is 1.38. The Hall–Kier alpha value is -2.18. The monoisotopic (exact) mass is 413 g/mol. The molecule has 0 saturated carbocycles.